The fourth-order valence-corrected chi connectivity index (χ4v) is 1.97. The highest BCUT2D eigenvalue weighted by Crippen LogP contribution is 2.22. The van der Waals surface area contributed by atoms with Gasteiger partial charge in [-0.05, 0) is 18.0 Å². The highest BCUT2D eigenvalue weighted by molar-refractivity contribution is 6.28. The van der Waals surface area contributed by atoms with Crippen molar-refractivity contribution in [1.29, 1.82) is 0 Å². The van der Waals surface area contributed by atoms with E-state index in [9.17, 15) is 0 Å². The molecular formula is C11H16ClN5O. The molecule has 98 valence electrons. The summed E-state index contributed by atoms with van der Waals surface area (Å²) in [7, 11) is 0. The molecule has 0 unspecified atom stereocenters. The second kappa shape index (κ2) is 5.97. The fourth-order valence-electron chi connectivity index (χ4n) is 1.81. The molecule has 0 aromatic carbocycles. The van der Waals surface area contributed by atoms with Crippen molar-refractivity contribution in [3.8, 4) is 0 Å². The molecule has 2 aromatic heterocycles. The molecule has 2 aromatic rings. The Labute approximate surface area is 110 Å². The number of fused-ring (bicyclic) bond motifs is 1. The lowest BCUT2D eigenvalue weighted by Gasteiger charge is -2.22. The number of nitrogens with zero attached hydrogens (tertiary/aromatic N) is 4. The summed E-state index contributed by atoms with van der Waals surface area (Å²) in [6.07, 6.45) is 3.67. The zero-order valence-corrected chi connectivity index (χ0v) is 11.0. The van der Waals surface area contributed by atoms with Crippen molar-refractivity contribution >= 4 is 28.6 Å². The lowest BCUT2D eigenvalue weighted by Crippen LogP contribution is -2.29. The predicted octanol–water partition coefficient (Wildman–Crippen LogP) is 1.61. The van der Waals surface area contributed by atoms with Crippen molar-refractivity contribution in [1.82, 2.24) is 19.9 Å². The van der Waals surface area contributed by atoms with Crippen molar-refractivity contribution in [2.24, 2.45) is 0 Å². The van der Waals surface area contributed by atoms with Crippen molar-refractivity contribution in [3.05, 3.63) is 11.6 Å². The Morgan fingerprint density at radius 1 is 1.39 bits per heavy atom. The first-order chi connectivity index (χ1) is 8.76. The molecule has 0 amide bonds. The summed E-state index contributed by atoms with van der Waals surface area (Å²) < 4.78 is 0. The second-order valence-corrected chi connectivity index (χ2v) is 4.32. The second-order valence-electron chi connectivity index (χ2n) is 3.98. The minimum atomic E-state index is 0.0704. The summed E-state index contributed by atoms with van der Waals surface area (Å²) in [6.45, 7) is 3.52. The minimum absolute atomic E-state index is 0.0704. The Morgan fingerprint density at radius 2 is 2.22 bits per heavy atom. The first kappa shape index (κ1) is 13.0. The van der Waals surface area contributed by atoms with Crippen LogP contribution in [-0.2, 0) is 0 Å². The van der Waals surface area contributed by atoms with Crippen LogP contribution in [0.4, 0.5) is 5.82 Å². The van der Waals surface area contributed by atoms with E-state index < -0.39 is 0 Å². The molecule has 0 aliphatic carbocycles. The standard InChI is InChI=1S/C11H16ClN5O/c1-2-3-4-17(5-6-18)10-8-9(14-7-13-8)15-11(12)16-10/h7,18H,2-6H2,1H3,(H,13,14,15,16). The third kappa shape index (κ3) is 2.70. The summed E-state index contributed by atoms with van der Waals surface area (Å²) in [4.78, 5) is 17.4. The van der Waals surface area contributed by atoms with Gasteiger partial charge in [-0.3, -0.25) is 0 Å². The lowest BCUT2D eigenvalue weighted by atomic mass is 10.3. The monoisotopic (exact) mass is 269 g/mol. The van der Waals surface area contributed by atoms with Crippen LogP contribution >= 0.6 is 11.6 Å². The van der Waals surface area contributed by atoms with Crippen LogP contribution in [0.2, 0.25) is 5.28 Å². The van der Waals surface area contributed by atoms with E-state index in [4.69, 9.17) is 16.7 Å². The highest BCUT2D eigenvalue weighted by atomic mass is 35.5. The van der Waals surface area contributed by atoms with Gasteiger partial charge in [0, 0.05) is 13.1 Å². The lowest BCUT2D eigenvalue weighted by molar-refractivity contribution is 0.301. The minimum Gasteiger partial charge on any atom is -0.395 e. The molecular weight excluding hydrogens is 254 g/mol. The Morgan fingerprint density at radius 3 is 2.94 bits per heavy atom. The van der Waals surface area contributed by atoms with E-state index in [-0.39, 0.29) is 11.9 Å². The number of imidazole rings is 1. The number of nitrogens with one attached hydrogen (secondary N) is 1. The third-order valence-electron chi connectivity index (χ3n) is 2.69. The van der Waals surface area contributed by atoms with E-state index in [0.29, 0.717) is 18.0 Å². The molecule has 2 rings (SSSR count). The van der Waals surface area contributed by atoms with Gasteiger partial charge in [0.1, 0.15) is 5.52 Å². The number of aliphatic hydroxyl groups excluding tert-OH is 1. The van der Waals surface area contributed by atoms with E-state index in [1.807, 2.05) is 4.90 Å². The van der Waals surface area contributed by atoms with Crippen molar-refractivity contribution in [2.75, 3.05) is 24.6 Å². The van der Waals surface area contributed by atoms with E-state index in [2.05, 4.69) is 26.9 Å². The summed E-state index contributed by atoms with van der Waals surface area (Å²) in [5.74, 6) is 0.699. The highest BCUT2D eigenvalue weighted by Gasteiger charge is 2.15. The van der Waals surface area contributed by atoms with Gasteiger partial charge in [-0.25, -0.2) is 4.98 Å². The maximum atomic E-state index is 9.15. The summed E-state index contributed by atoms with van der Waals surface area (Å²) >= 11 is 5.89. The smallest absolute Gasteiger partial charge is 0.226 e. The molecule has 0 aliphatic heterocycles. The quantitative estimate of drug-likeness (QED) is 0.779. The number of H-pyrrole nitrogens is 1. The van der Waals surface area contributed by atoms with Crippen LogP contribution in [0, 0.1) is 0 Å². The Hall–Kier alpha value is -1.40. The fraction of sp³-hybridized carbons (Fsp3) is 0.545. The van der Waals surface area contributed by atoms with Gasteiger partial charge >= 0.3 is 0 Å². The van der Waals surface area contributed by atoms with E-state index >= 15 is 0 Å². The van der Waals surface area contributed by atoms with Gasteiger partial charge in [0.05, 0.1) is 12.9 Å². The summed E-state index contributed by atoms with van der Waals surface area (Å²) in [6, 6.07) is 0. The van der Waals surface area contributed by atoms with E-state index in [1.165, 1.54) is 0 Å². The van der Waals surface area contributed by atoms with Gasteiger partial charge < -0.3 is 15.0 Å². The first-order valence-electron chi connectivity index (χ1n) is 5.98. The third-order valence-corrected chi connectivity index (χ3v) is 2.86. The summed E-state index contributed by atoms with van der Waals surface area (Å²) in [5, 5.41) is 9.32. The maximum absolute atomic E-state index is 9.15. The molecule has 0 fully saturated rings. The summed E-state index contributed by atoms with van der Waals surface area (Å²) in [5.41, 5.74) is 1.30. The molecule has 0 saturated heterocycles. The van der Waals surface area contributed by atoms with Crippen LogP contribution in [0.25, 0.3) is 11.2 Å². The van der Waals surface area contributed by atoms with E-state index in [1.54, 1.807) is 6.33 Å². The van der Waals surface area contributed by atoms with Gasteiger partial charge in [0.15, 0.2) is 11.5 Å². The molecule has 0 atom stereocenters. The topological polar surface area (TPSA) is 77.9 Å². The molecule has 0 radical (unpaired) electrons. The van der Waals surface area contributed by atoms with Gasteiger partial charge in [-0.2, -0.15) is 9.97 Å². The van der Waals surface area contributed by atoms with Crippen molar-refractivity contribution in [2.45, 2.75) is 19.8 Å². The number of anilines is 1. The number of rotatable bonds is 6. The number of halogens is 1. The molecule has 2 N–H and O–H groups in total. The zero-order valence-electron chi connectivity index (χ0n) is 10.2. The maximum Gasteiger partial charge on any atom is 0.226 e. The molecule has 0 saturated carbocycles. The zero-order chi connectivity index (χ0) is 13.0. The van der Waals surface area contributed by atoms with E-state index in [0.717, 1.165) is 24.9 Å². The Bertz CT molecular complexity index is 515. The normalized spacial score (nSPS) is 11.1. The largest absolute Gasteiger partial charge is 0.395 e. The number of hydrogen-bond donors (Lipinski definition) is 2. The number of aliphatic hydroxyl groups is 1. The predicted molar refractivity (Wildman–Crippen MR) is 70.9 cm³/mol. The molecule has 0 aliphatic rings. The molecule has 18 heavy (non-hydrogen) atoms. The van der Waals surface area contributed by atoms with Crippen LogP contribution in [0.5, 0.6) is 0 Å². The van der Waals surface area contributed by atoms with Gasteiger partial charge in [-0.1, -0.05) is 13.3 Å². The molecule has 0 spiro atoms. The van der Waals surface area contributed by atoms with Crippen LogP contribution in [-0.4, -0.2) is 44.7 Å². The number of unbranched alkanes of at least 4 members (excludes halogenated alkanes) is 1. The van der Waals surface area contributed by atoms with Crippen molar-refractivity contribution in [3.63, 3.8) is 0 Å². The molecule has 7 heteroatoms. The van der Waals surface area contributed by atoms with Gasteiger partial charge in [-0.15, -0.1) is 0 Å². The van der Waals surface area contributed by atoms with Crippen LogP contribution in [0.15, 0.2) is 6.33 Å². The van der Waals surface area contributed by atoms with Crippen LogP contribution < -0.4 is 4.90 Å². The van der Waals surface area contributed by atoms with Gasteiger partial charge in [0.2, 0.25) is 5.28 Å². The average Bonchev–Trinajstić information content (AvgIpc) is 2.81. The Balaban J connectivity index is 2.38. The van der Waals surface area contributed by atoms with Crippen LogP contribution in [0.3, 0.4) is 0 Å². The Kier molecular flexibility index (Phi) is 4.33. The molecule has 2 heterocycles. The van der Waals surface area contributed by atoms with Crippen LogP contribution in [0.1, 0.15) is 19.8 Å². The number of hydrogen-bond acceptors (Lipinski definition) is 5. The first-order valence-corrected chi connectivity index (χ1v) is 6.36. The van der Waals surface area contributed by atoms with Crippen molar-refractivity contribution < 1.29 is 5.11 Å². The molecule has 0 bridgehead atoms. The average molecular weight is 270 g/mol. The molecule has 6 nitrogen and oxygen atoms in total. The number of aromatic amines is 1. The number of aromatic nitrogens is 4. The van der Waals surface area contributed by atoms with Gasteiger partial charge in [0.25, 0.3) is 0 Å². The SMILES string of the molecule is CCCCN(CCO)c1nc(Cl)nc2nc[nH]c12.